The van der Waals surface area contributed by atoms with E-state index in [2.05, 4.69) is 34.9 Å². The third kappa shape index (κ3) is 5.72. The summed E-state index contributed by atoms with van der Waals surface area (Å²) < 4.78 is 62.8. The lowest BCUT2D eigenvalue weighted by molar-refractivity contribution is -0.0523. The molecule has 3 aromatic rings. The van der Waals surface area contributed by atoms with Crippen molar-refractivity contribution in [3.63, 3.8) is 0 Å². The second-order valence-electron chi connectivity index (χ2n) is 12.9. The third-order valence-corrected chi connectivity index (χ3v) is 10.8. The number of rotatable bonds is 7. The molecule has 2 N–H and O–H groups in total. The van der Waals surface area contributed by atoms with Crippen molar-refractivity contribution in [2.45, 2.75) is 68.7 Å². The summed E-state index contributed by atoms with van der Waals surface area (Å²) in [6.07, 6.45) is 5.53. The van der Waals surface area contributed by atoms with Gasteiger partial charge in [-0.05, 0) is 57.1 Å². The van der Waals surface area contributed by atoms with Gasteiger partial charge in [-0.15, -0.1) is 0 Å². The monoisotopic (exact) mass is 614 g/mol. The van der Waals surface area contributed by atoms with Gasteiger partial charge in [0, 0.05) is 50.8 Å². The fraction of sp³-hybridized carbons (Fsp3) is 0.586. The number of hydrogen-bond acceptors (Lipinski definition) is 10. The standard InChI is InChI=1S/C29H36F2N8O3S/c1-19-13-23(36-26(34-19)39-11-7-29(30,31)8-12-39)35-25-24-21(32-18-33-25)14-20(43(40,41)37-27(2)16-42-17-27)15-22(24)38-9-5-28(3-4-28)6-10-38/h13-15,18,37H,3-12,16-17H2,1-2H3,(H,32,33,34,35,36). The summed E-state index contributed by atoms with van der Waals surface area (Å²) in [6, 6.07) is 5.07. The lowest BCUT2D eigenvalue weighted by atomic mass is 9.93. The smallest absolute Gasteiger partial charge is 0.251 e. The SMILES string of the molecule is Cc1cc(Nc2ncnc3cc(S(=O)(=O)NC4(C)COC4)cc(N4CCC5(CC4)CC5)c23)nc(N2CCC(F)(F)CC2)n1. The van der Waals surface area contributed by atoms with Gasteiger partial charge in [-0.3, -0.25) is 0 Å². The number of nitrogens with zero attached hydrogens (tertiary/aromatic N) is 6. The molecule has 2 aromatic heterocycles. The number of anilines is 4. The van der Waals surface area contributed by atoms with Gasteiger partial charge in [-0.1, -0.05) is 0 Å². The molecule has 14 heteroatoms. The van der Waals surface area contributed by atoms with Crippen LogP contribution in [0, 0.1) is 12.3 Å². The lowest BCUT2D eigenvalue weighted by Crippen LogP contribution is -2.59. The van der Waals surface area contributed by atoms with Crippen molar-refractivity contribution in [2.24, 2.45) is 5.41 Å². The maximum absolute atomic E-state index is 13.8. The molecule has 0 amide bonds. The number of piperidine rings is 2. The summed E-state index contributed by atoms with van der Waals surface area (Å²) in [7, 11) is -3.86. The maximum Gasteiger partial charge on any atom is 0.251 e. The number of aromatic nitrogens is 4. The number of benzene rings is 1. The van der Waals surface area contributed by atoms with E-state index in [9.17, 15) is 17.2 Å². The van der Waals surface area contributed by atoms with Crippen molar-refractivity contribution in [2.75, 3.05) is 54.5 Å². The predicted molar refractivity (Wildman–Crippen MR) is 159 cm³/mol. The zero-order valence-electron chi connectivity index (χ0n) is 24.4. The van der Waals surface area contributed by atoms with Gasteiger partial charge < -0.3 is 19.9 Å². The molecular weight excluding hydrogens is 578 g/mol. The highest BCUT2D eigenvalue weighted by atomic mass is 32.2. The fourth-order valence-electron chi connectivity index (χ4n) is 6.31. The molecule has 5 heterocycles. The van der Waals surface area contributed by atoms with Crippen LogP contribution in [0.25, 0.3) is 10.9 Å². The molecule has 230 valence electrons. The highest BCUT2D eigenvalue weighted by molar-refractivity contribution is 7.89. The Kier molecular flexibility index (Phi) is 6.74. The fourth-order valence-corrected chi connectivity index (χ4v) is 7.72. The van der Waals surface area contributed by atoms with Crippen molar-refractivity contribution in [3.8, 4) is 0 Å². The van der Waals surface area contributed by atoms with E-state index in [0.717, 1.165) is 31.6 Å². The number of ether oxygens (including phenoxy) is 1. The van der Waals surface area contributed by atoms with E-state index in [0.29, 0.717) is 52.8 Å². The average molecular weight is 615 g/mol. The molecule has 0 unspecified atom stereocenters. The summed E-state index contributed by atoms with van der Waals surface area (Å²) in [4.78, 5) is 22.4. The number of aryl methyl sites for hydroxylation is 1. The van der Waals surface area contributed by atoms with Crippen LogP contribution in [-0.2, 0) is 14.8 Å². The molecule has 1 aliphatic carbocycles. The van der Waals surface area contributed by atoms with Gasteiger partial charge in [-0.2, -0.15) is 4.98 Å². The molecule has 0 radical (unpaired) electrons. The number of nitrogens with one attached hydrogen (secondary N) is 2. The highest BCUT2D eigenvalue weighted by Gasteiger charge is 2.45. The van der Waals surface area contributed by atoms with E-state index < -0.39 is 21.5 Å². The molecule has 11 nitrogen and oxygen atoms in total. The first-order chi connectivity index (χ1) is 20.4. The molecule has 1 spiro atoms. The molecule has 3 saturated heterocycles. The Balaban J connectivity index is 1.26. The van der Waals surface area contributed by atoms with Crippen molar-refractivity contribution in [1.29, 1.82) is 0 Å². The van der Waals surface area contributed by atoms with Gasteiger partial charge in [0.25, 0.3) is 5.92 Å². The van der Waals surface area contributed by atoms with Crippen LogP contribution < -0.4 is 19.8 Å². The maximum atomic E-state index is 13.8. The summed E-state index contributed by atoms with van der Waals surface area (Å²) in [5.74, 6) is -1.33. The van der Waals surface area contributed by atoms with Gasteiger partial charge in [0.05, 0.1) is 40.2 Å². The summed E-state index contributed by atoms with van der Waals surface area (Å²) in [6.45, 7) is 6.25. The molecule has 7 rings (SSSR count). The van der Waals surface area contributed by atoms with E-state index in [1.807, 2.05) is 13.8 Å². The second kappa shape index (κ2) is 10.2. The molecule has 1 saturated carbocycles. The van der Waals surface area contributed by atoms with E-state index in [-0.39, 0.29) is 30.8 Å². The third-order valence-electron chi connectivity index (χ3n) is 9.21. The average Bonchev–Trinajstić information content (AvgIpc) is 3.70. The van der Waals surface area contributed by atoms with E-state index in [4.69, 9.17) is 4.74 Å². The van der Waals surface area contributed by atoms with Crippen LogP contribution in [0.5, 0.6) is 0 Å². The zero-order chi connectivity index (χ0) is 30.0. The molecular formula is C29H36F2N8O3S. The first-order valence-corrected chi connectivity index (χ1v) is 16.3. The van der Waals surface area contributed by atoms with Crippen molar-refractivity contribution in [3.05, 3.63) is 30.2 Å². The van der Waals surface area contributed by atoms with Crippen LogP contribution in [0.1, 0.15) is 51.1 Å². The van der Waals surface area contributed by atoms with Crippen LogP contribution in [0.4, 0.5) is 32.1 Å². The minimum atomic E-state index is -3.86. The topological polar surface area (TPSA) is 125 Å². The quantitative estimate of drug-likeness (QED) is 0.401. The Hall–Kier alpha value is -3.23. The van der Waals surface area contributed by atoms with Crippen LogP contribution in [0.2, 0.25) is 0 Å². The first kappa shape index (κ1) is 28.5. The molecule has 0 atom stereocenters. The first-order valence-electron chi connectivity index (χ1n) is 14.8. The van der Waals surface area contributed by atoms with Gasteiger partial charge in [0.15, 0.2) is 0 Å². The van der Waals surface area contributed by atoms with Crippen molar-refractivity contribution >= 4 is 44.2 Å². The molecule has 1 aromatic carbocycles. The molecule has 43 heavy (non-hydrogen) atoms. The summed E-state index contributed by atoms with van der Waals surface area (Å²) >= 11 is 0. The van der Waals surface area contributed by atoms with Crippen LogP contribution in [0.15, 0.2) is 29.4 Å². The van der Waals surface area contributed by atoms with Gasteiger partial charge in [0.2, 0.25) is 16.0 Å². The molecule has 4 fully saturated rings. The van der Waals surface area contributed by atoms with Crippen LogP contribution >= 0.6 is 0 Å². The van der Waals surface area contributed by atoms with E-state index >= 15 is 0 Å². The van der Waals surface area contributed by atoms with Crippen LogP contribution in [0.3, 0.4) is 0 Å². The van der Waals surface area contributed by atoms with E-state index in [1.165, 1.54) is 19.2 Å². The molecule has 4 aliphatic rings. The Morgan fingerprint density at radius 3 is 2.26 bits per heavy atom. The van der Waals surface area contributed by atoms with E-state index in [1.54, 1.807) is 23.1 Å². The Bertz CT molecular complexity index is 1660. The lowest BCUT2D eigenvalue weighted by Gasteiger charge is -2.38. The Morgan fingerprint density at radius 2 is 1.60 bits per heavy atom. The van der Waals surface area contributed by atoms with Gasteiger partial charge >= 0.3 is 0 Å². The number of sulfonamides is 1. The number of alkyl halides is 2. The number of fused-ring (bicyclic) bond motifs is 1. The van der Waals surface area contributed by atoms with Crippen molar-refractivity contribution < 1.29 is 21.9 Å². The normalized spacial score (nSPS) is 22.4. The highest BCUT2D eigenvalue weighted by Crippen LogP contribution is 2.54. The Morgan fingerprint density at radius 1 is 0.907 bits per heavy atom. The minimum absolute atomic E-state index is 0.140. The second-order valence-corrected chi connectivity index (χ2v) is 14.5. The van der Waals surface area contributed by atoms with Crippen molar-refractivity contribution in [1.82, 2.24) is 24.7 Å². The van der Waals surface area contributed by atoms with Gasteiger partial charge in [0.1, 0.15) is 18.0 Å². The zero-order valence-corrected chi connectivity index (χ0v) is 25.2. The predicted octanol–water partition coefficient (Wildman–Crippen LogP) is 4.15. The Labute approximate surface area is 249 Å². The molecule has 0 bridgehead atoms. The minimum Gasteiger partial charge on any atom is -0.377 e. The number of hydrogen-bond donors (Lipinski definition) is 2. The van der Waals surface area contributed by atoms with Gasteiger partial charge in [-0.25, -0.2) is 36.9 Å². The summed E-state index contributed by atoms with van der Waals surface area (Å²) in [5.41, 5.74) is 1.70. The molecule has 3 aliphatic heterocycles. The van der Waals surface area contributed by atoms with Crippen LogP contribution in [-0.4, -0.2) is 79.2 Å². The largest absolute Gasteiger partial charge is 0.377 e. The number of halogens is 2. The summed E-state index contributed by atoms with van der Waals surface area (Å²) in [5, 5.41) is 4.02.